The van der Waals surface area contributed by atoms with E-state index in [1.807, 2.05) is 30.3 Å². The van der Waals surface area contributed by atoms with Gasteiger partial charge in [0, 0.05) is 5.69 Å². The molecule has 0 radical (unpaired) electrons. The van der Waals surface area contributed by atoms with E-state index in [2.05, 4.69) is 5.32 Å². The Labute approximate surface area is 128 Å². The molecule has 4 nitrogen and oxygen atoms in total. The highest BCUT2D eigenvalue weighted by Crippen LogP contribution is 2.19. The summed E-state index contributed by atoms with van der Waals surface area (Å²) in [6, 6.07) is 14.0. The number of hydrogen-bond donors (Lipinski definition) is 3. The first-order chi connectivity index (χ1) is 10.1. The van der Waals surface area contributed by atoms with Gasteiger partial charge in [0.1, 0.15) is 0 Å². The Morgan fingerprint density at radius 1 is 1.24 bits per heavy atom. The number of anilines is 1. The van der Waals surface area contributed by atoms with Crippen LogP contribution in [0, 0.1) is 0 Å². The minimum absolute atomic E-state index is 0.146. The molecular weight excluding hydrogens is 288 g/mol. The van der Waals surface area contributed by atoms with Crippen LogP contribution in [0.5, 0.6) is 0 Å². The van der Waals surface area contributed by atoms with Gasteiger partial charge in [-0.15, -0.1) is 0 Å². The zero-order valence-corrected chi connectivity index (χ0v) is 12.2. The van der Waals surface area contributed by atoms with Gasteiger partial charge >= 0.3 is 0 Å². The summed E-state index contributed by atoms with van der Waals surface area (Å²) in [5.74, 6) is -0.324. The molecule has 0 aliphatic carbocycles. The fourth-order valence-electron chi connectivity index (χ4n) is 2.04. The number of carbonyl (C=O) groups is 1. The normalized spacial score (nSPS) is 11.9. The third-order valence-corrected chi connectivity index (χ3v) is 3.43. The number of aliphatic hydroxyl groups is 1. The van der Waals surface area contributed by atoms with Crippen molar-refractivity contribution in [3.8, 4) is 0 Å². The molecule has 0 fully saturated rings. The number of nitrogens with two attached hydrogens (primary N) is 1. The van der Waals surface area contributed by atoms with Crippen LogP contribution in [-0.2, 0) is 6.42 Å². The number of rotatable bonds is 5. The van der Waals surface area contributed by atoms with E-state index >= 15 is 0 Å². The van der Waals surface area contributed by atoms with Crippen molar-refractivity contribution in [1.29, 1.82) is 0 Å². The van der Waals surface area contributed by atoms with Crippen LogP contribution in [0.2, 0.25) is 5.02 Å². The van der Waals surface area contributed by atoms with Crippen LogP contribution >= 0.6 is 11.6 Å². The fraction of sp³-hybridized carbons (Fsp3) is 0.188. The maximum atomic E-state index is 12.2. The van der Waals surface area contributed by atoms with Crippen LogP contribution in [0.4, 0.5) is 5.69 Å². The molecular formula is C16H17ClN2O2. The average molecular weight is 305 g/mol. The van der Waals surface area contributed by atoms with E-state index in [-0.39, 0.29) is 18.6 Å². The summed E-state index contributed by atoms with van der Waals surface area (Å²) in [5.41, 5.74) is 7.49. The lowest BCUT2D eigenvalue weighted by molar-refractivity contribution is 0.0916. The summed E-state index contributed by atoms with van der Waals surface area (Å²) in [7, 11) is 0. The first-order valence-electron chi connectivity index (χ1n) is 6.61. The molecule has 0 aromatic heterocycles. The quantitative estimate of drug-likeness (QED) is 0.742. The highest BCUT2D eigenvalue weighted by atomic mass is 35.5. The predicted octanol–water partition coefficient (Wildman–Crippen LogP) is 2.26. The van der Waals surface area contributed by atoms with Crippen LogP contribution in [0.15, 0.2) is 48.5 Å². The van der Waals surface area contributed by atoms with Gasteiger partial charge < -0.3 is 16.2 Å². The Kier molecular flexibility index (Phi) is 5.20. The van der Waals surface area contributed by atoms with E-state index in [9.17, 15) is 9.90 Å². The van der Waals surface area contributed by atoms with Gasteiger partial charge in [-0.2, -0.15) is 0 Å². The van der Waals surface area contributed by atoms with Gasteiger partial charge in [-0.25, -0.2) is 0 Å². The number of halogens is 1. The predicted molar refractivity (Wildman–Crippen MR) is 84.4 cm³/mol. The SMILES string of the molecule is Nc1ccc(C(=O)NC(CO)Cc2ccccc2)c(Cl)c1. The number of amides is 1. The molecule has 0 heterocycles. The summed E-state index contributed by atoms with van der Waals surface area (Å²) in [4.78, 5) is 12.2. The molecule has 2 rings (SSSR count). The van der Waals surface area contributed by atoms with Gasteiger partial charge in [-0.05, 0) is 30.2 Å². The summed E-state index contributed by atoms with van der Waals surface area (Å²) >= 11 is 6.01. The van der Waals surface area contributed by atoms with E-state index < -0.39 is 0 Å². The van der Waals surface area contributed by atoms with Gasteiger partial charge in [-0.1, -0.05) is 41.9 Å². The first-order valence-corrected chi connectivity index (χ1v) is 6.98. The molecule has 1 atom stereocenters. The molecule has 0 saturated carbocycles. The van der Waals surface area contributed by atoms with Crippen molar-refractivity contribution >= 4 is 23.2 Å². The first kappa shape index (κ1) is 15.4. The van der Waals surface area contributed by atoms with E-state index in [1.165, 1.54) is 6.07 Å². The maximum absolute atomic E-state index is 12.2. The lowest BCUT2D eigenvalue weighted by atomic mass is 10.1. The molecule has 1 unspecified atom stereocenters. The maximum Gasteiger partial charge on any atom is 0.253 e. The highest BCUT2D eigenvalue weighted by molar-refractivity contribution is 6.34. The Bertz CT molecular complexity index is 617. The number of aliphatic hydroxyl groups excluding tert-OH is 1. The Morgan fingerprint density at radius 2 is 1.95 bits per heavy atom. The van der Waals surface area contributed by atoms with E-state index in [0.717, 1.165) is 5.56 Å². The van der Waals surface area contributed by atoms with Gasteiger partial charge in [0.2, 0.25) is 0 Å². The third-order valence-electron chi connectivity index (χ3n) is 3.12. The molecule has 0 aliphatic rings. The summed E-state index contributed by atoms with van der Waals surface area (Å²) < 4.78 is 0. The van der Waals surface area contributed by atoms with Gasteiger partial charge in [0.15, 0.2) is 0 Å². The molecule has 0 saturated heterocycles. The Hall–Kier alpha value is -2.04. The topological polar surface area (TPSA) is 75.4 Å². The molecule has 110 valence electrons. The standard InChI is InChI=1S/C16H17ClN2O2/c17-15-9-12(18)6-7-14(15)16(21)19-13(10-20)8-11-4-2-1-3-5-11/h1-7,9,13,20H,8,10,18H2,(H,19,21). The number of nitrogen functional groups attached to an aromatic ring is 1. The summed E-state index contributed by atoms with van der Waals surface area (Å²) in [6.45, 7) is -0.146. The van der Waals surface area contributed by atoms with Crippen molar-refractivity contribution in [3.63, 3.8) is 0 Å². The monoisotopic (exact) mass is 304 g/mol. The molecule has 1 amide bonds. The van der Waals surface area contributed by atoms with Crippen LogP contribution in [-0.4, -0.2) is 23.7 Å². The number of nitrogens with one attached hydrogen (secondary N) is 1. The molecule has 21 heavy (non-hydrogen) atoms. The van der Waals surface area contributed by atoms with Crippen molar-refractivity contribution < 1.29 is 9.90 Å². The van der Waals surface area contributed by atoms with Gasteiger partial charge in [-0.3, -0.25) is 4.79 Å². The van der Waals surface area contributed by atoms with Crippen molar-refractivity contribution in [3.05, 3.63) is 64.7 Å². The highest BCUT2D eigenvalue weighted by Gasteiger charge is 2.16. The van der Waals surface area contributed by atoms with Crippen molar-refractivity contribution in [1.82, 2.24) is 5.32 Å². The van der Waals surface area contributed by atoms with Gasteiger partial charge in [0.25, 0.3) is 5.91 Å². The van der Waals surface area contributed by atoms with Crippen LogP contribution in [0.3, 0.4) is 0 Å². The van der Waals surface area contributed by atoms with Crippen LogP contribution in [0.1, 0.15) is 15.9 Å². The fourth-order valence-corrected chi connectivity index (χ4v) is 2.31. The number of carbonyl (C=O) groups excluding carboxylic acids is 1. The van der Waals surface area contributed by atoms with E-state index in [0.29, 0.717) is 22.7 Å². The molecule has 0 aliphatic heterocycles. The lowest BCUT2D eigenvalue weighted by Gasteiger charge is -2.17. The summed E-state index contributed by atoms with van der Waals surface area (Å²) in [5, 5.41) is 12.5. The lowest BCUT2D eigenvalue weighted by Crippen LogP contribution is -2.39. The van der Waals surface area contributed by atoms with Crippen molar-refractivity contribution in [2.24, 2.45) is 0 Å². The largest absolute Gasteiger partial charge is 0.399 e. The molecule has 2 aromatic carbocycles. The van der Waals surface area contributed by atoms with E-state index in [1.54, 1.807) is 12.1 Å². The zero-order valence-electron chi connectivity index (χ0n) is 11.4. The van der Waals surface area contributed by atoms with Gasteiger partial charge in [0.05, 0.1) is 23.2 Å². The van der Waals surface area contributed by atoms with E-state index in [4.69, 9.17) is 17.3 Å². The molecule has 4 N–H and O–H groups in total. The number of benzene rings is 2. The second-order valence-corrected chi connectivity index (χ2v) is 5.19. The molecule has 2 aromatic rings. The Balaban J connectivity index is 2.06. The average Bonchev–Trinajstić information content (AvgIpc) is 2.47. The van der Waals surface area contributed by atoms with Crippen LogP contribution < -0.4 is 11.1 Å². The molecule has 0 spiro atoms. The third kappa shape index (κ3) is 4.21. The summed E-state index contributed by atoms with van der Waals surface area (Å²) in [6.07, 6.45) is 0.551. The molecule has 5 heteroatoms. The smallest absolute Gasteiger partial charge is 0.253 e. The van der Waals surface area contributed by atoms with Crippen LogP contribution in [0.25, 0.3) is 0 Å². The number of hydrogen-bond acceptors (Lipinski definition) is 3. The van der Waals surface area contributed by atoms with Crippen molar-refractivity contribution in [2.75, 3.05) is 12.3 Å². The minimum Gasteiger partial charge on any atom is -0.399 e. The minimum atomic E-state index is -0.367. The zero-order chi connectivity index (χ0) is 15.2. The van der Waals surface area contributed by atoms with Crippen molar-refractivity contribution in [2.45, 2.75) is 12.5 Å². The Morgan fingerprint density at radius 3 is 2.57 bits per heavy atom. The molecule has 0 bridgehead atoms. The second-order valence-electron chi connectivity index (χ2n) is 4.78. The second kappa shape index (κ2) is 7.11.